The first-order chi connectivity index (χ1) is 17.7. The molecule has 192 valence electrons. The average Bonchev–Trinajstić information content (AvgIpc) is 2.86. The Kier molecular flexibility index (Phi) is 7.07. The second-order valence-electron chi connectivity index (χ2n) is 8.83. The normalized spacial score (nSPS) is 14.6. The Balaban J connectivity index is 1.34. The van der Waals surface area contributed by atoms with Crippen molar-refractivity contribution in [1.82, 2.24) is 24.8 Å². The summed E-state index contributed by atoms with van der Waals surface area (Å²) >= 11 is 6.32. The minimum absolute atomic E-state index is 0.275. The molecule has 5 rings (SSSR count). The second kappa shape index (κ2) is 10.4. The lowest BCUT2D eigenvalue weighted by Crippen LogP contribution is -2.44. The number of rotatable bonds is 7. The van der Waals surface area contributed by atoms with Gasteiger partial charge in [-0.25, -0.2) is 23.5 Å². The number of benzene rings is 2. The number of para-hydroxylation sites is 1. The van der Waals surface area contributed by atoms with Crippen LogP contribution < -0.4 is 20.7 Å². The van der Waals surface area contributed by atoms with Gasteiger partial charge in [0, 0.05) is 37.6 Å². The van der Waals surface area contributed by atoms with E-state index < -0.39 is 10.0 Å². The molecule has 1 aliphatic rings. The van der Waals surface area contributed by atoms with Crippen LogP contribution in [0, 0.1) is 0 Å². The molecule has 13 heteroatoms. The van der Waals surface area contributed by atoms with Gasteiger partial charge in [0.2, 0.25) is 16.0 Å². The van der Waals surface area contributed by atoms with Crippen LogP contribution in [0.5, 0.6) is 0 Å². The number of likely N-dealkylation sites (N-methyl/N-ethyl adjacent to an activating group) is 1. The molecule has 1 aliphatic heterocycles. The lowest BCUT2D eigenvalue weighted by Gasteiger charge is -2.33. The summed E-state index contributed by atoms with van der Waals surface area (Å²) in [5, 5.41) is 11.8. The topological polar surface area (TPSA) is 142 Å². The van der Waals surface area contributed by atoms with Gasteiger partial charge in [0.15, 0.2) is 5.82 Å². The predicted molar refractivity (Wildman–Crippen MR) is 146 cm³/mol. The molecule has 0 saturated carbocycles. The average molecular weight is 540 g/mol. The molecule has 1 saturated heterocycles. The molecule has 0 spiro atoms. The maximum absolute atomic E-state index is 11.6. The van der Waals surface area contributed by atoms with E-state index in [0.29, 0.717) is 23.0 Å². The first kappa shape index (κ1) is 25.1. The molecular formula is C24H26ClN9O2S. The van der Waals surface area contributed by atoms with Crippen LogP contribution in [0.1, 0.15) is 5.56 Å². The molecule has 0 radical (unpaired) electrons. The van der Waals surface area contributed by atoms with E-state index in [1.165, 1.54) is 6.20 Å². The number of hydrogen-bond acceptors (Lipinski definition) is 10. The van der Waals surface area contributed by atoms with E-state index in [-0.39, 0.29) is 10.8 Å². The second-order valence-corrected chi connectivity index (χ2v) is 10.8. The van der Waals surface area contributed by atoms with Crippen LogP contribution in [0.2, 0.25) is 5.02 Å². The van der Waals surface area contributed by atoms with Crippen molar-refractivity contribution in [1.29, 1.82) is 0 Å². The number of piperazine rings is 1. The first-order valence-electron chi connectivity index (χ1n) is 11.6. The number of nitrogens with one attached hydrogen (secondary N) is 2. The Morgan fingerprint density at radius 1 is 0.973 bits per heavy atom. The van der Waals surface area contributed by atoms with Crippen molar-refractivity contribution < 1.29 is 8.42 Å². The summed E-state index contributed by atoms with van der Waals surface area (Å²) in [6.45, 7) is 3.84. The third-order valence-corrected chi connectivity index (χ3v) is 6.97. The molecule has 0 atom stereocenters. The Labute approximate surface area is 219 Å². The van der Waals surface area contributed by atoms with Crippen molar-refractivity contribution in [3.05, 3.63) is 65.4 Å². The van der Waals surface area contributed by atoms with Crippen LogP contribution in [0.3, 0.4) is 0 Å². The van der Waals surface area contributed by atoms with Crippen molar-refractivity contribution in [3.63, 3.8) is 0 Å². The van der Waals surface area contributed by atoms with E-state index in [0.717, 1.165) is 48.7 Å². The summed E-state index contributed by atoms with van der Waals surface area (Å²) < 4.78 is 23.2. The lowest BCUT2D eigenvalue weighted by molar-refractivity contribution is 0.312. The summed E-state index contributed by atoms with van der Waals surface area (Å²) in [6.07, 6.45) is 3.27. The zero-order valence-electron chi connectivity index (χ0n) is 20.1. The van der Waals surface area contributed by atoms with Crippen molar-refractivity contribution in [2.45, 2.75) is 5.75 Å². The minimum Gasteiger partial charge on any atom is -0.353 e. The van der Waals surface area contributed by atoms with Gasteiger partial charge in [0.05, 0.1) is 29.2 Å². The van der Waals surface area contributed by atoms with Gasteiger partial charge in [-0.2, -0.15) is 4.98 Å². The number of primary sulfonamides is 1. The number of sulfonamides is 1. The zero-order valence-corrected chi connectivity index (χ0v) is 21.7. The minimum atomic E-state index is -3.71. The maximum Gasteiger partial charge on any atom is 0.229 e. The molecule has 3 heterocycles. The van der Waals surface area contributed by atoms with E-state index in [1.807, 2.05) is 18.2 Å². The fourth-order valence-electron chi connectivity index (χ4n) is 4.02. The SMILES string of the molecule is CN1CCN(c2cnc3cc(Nc4ncc(Cl)c(Nc5ccccc5CS(N)(=O)=O)n4)ccc3n2)CC1. The summed E-state index contributed by atoms with van der Waals surface area (Å²) in [5.74, 6) is 1.18. The Morgan fingerprint density at radius 2 is 1.76 bits per heavy atom. The van der Waals surface area contributed by atoms with Crippen LogP contribution >= 0.6 is 11.6 Å². The van der Waals surface area contributed by atoms with Crippen molar-refractivity contribution in [2.75, 3.05) is 48.8 Å². The molecule has 11 nitrogen and oxygen atoms in total. The smallest absolute Gasteiger partial charge is 0.229 e. The van der Waals surface area contributed by atoms with Gasteiger partial charge in [0.1, 0.15) is 10.8 Å². The fraction of sp³-hybridized carbons (Fsp3) is 0.250. The summed E-state index contributed by atoms with van der Waals surface area (Å²) in [4.78, 5) is 22.7. The number of halogens is 1. The van der Waals surface area contributed by atoms with E-state index in [4.69, 9.17) is 21.7 Å². The third kappa shape index (κ3) is 6.23. The molecule has 4 N–H and O–H groups in total. The fourth-order valence-corrected chi connectivity index (χ4v) is 4.85. The molecule has 0 bridgehead atoms. The van der Waals surface area contributed by atoms with Gasteiger partial charge in [-0.05, 0) is 36.9 Å². The van der Waals surface area contributed by atoms with Crippen molar-refractivity contribution in [3.8, 4) is 0 Å². The number of fused-ring (bicyclic) bond motifs is 1. The van der Waals surface area contributed by atoms with E-state index in [9.17, 15) is 8.42 Å². The van der Waals surface area contributed by atoms with Crippen LogP contribution in [0.25, 0.3) is 11.0 Å². The predicted octanol–water partition coefficient (Wildman–Crippen LogP) is 3.10. The Hall–Kier alpha value is -3.58. The summed E-state index contributed by atoms with van der Waals surface area (Å²) in [7, 11) is -1.59. The molecule has 0 unspecified atom stereocenters. The van der Waals surface area contributed by atoms with Gasteiger partial charge in [0.25, 0.3) is 0 Å². The summed E-state index contributed by atoms with van der Waals surface area (Å²) in [5.41, 5.74) is 3.30. The highest BCUT2D eigenvalue weighted by molar-refractivity contribution is 7.88. The van der Waals surface area contributed by atoms with Crippen LogP contribution in [-0.2, 0) is 15.8 Å². The number of hydrogen-bond donors (Lipinski definition) is 3. The van der Waals surface area contributed by atoms with Crippen LogP contribution in [0.4, 0.5) is 29.0 Å². The highest BCUT2D eigenvalue weighted by Gasteiger charge is 2.16. The van der Waals surface area contributed by atoms with Crippen LogP contribution in [0.15, 0.2) is 54.9 Å². The van der Waals surface area contributed by atoms with E-state index in [1.54, 1.807) is 30.5 Å². The third-order valence-electron chi connectivity index (χ3n) is 5.98. The molecule has 0 amide bonds. The van der Waals surface area contributed by atoms with Gasteiger partial charge in [-0.1, -0.05) is 29.8 Å². The molecule has 1 fully saturated rings. The number of nitrogens with zero attached hydrogens (tertiary/aromatic N) is 6. The summed E-state index contributed by atoms with van der Waals surface area (Å²) in [6, 6.07) is 12.6. The van der Waals surface area contributed by atoms with Crippen LogP contribution in [-0.4, -0.2) is 66.5 Å². The highest BCUT2D eigenvalue weighted by atomic mass is 35.5. The quantitative estimate of drug-likeness (QED) is 0.320. The number of nitrogens with two attached hydrogens (primary N) is 1. The monoisotopic (exact) mass is 539 g/mol. The van der Waals surface area contributed by atoms with Crippen molar-refractivity contribution in [2.24, 2.45) is 5.14 Å². The maximum atomic E-state index is 11.6. The Morgan fingerprint density at radius 3 is 2.54 bits per heavy atom. The molecule has 2 aromatic heterocycles. The van der Waals surface area contributed by atoms with Gasteiger partial charge in [-0.15, -0.1) is 0 Å². The highest BCUT2D eigenvalue weighted by Crippen LogP contribution is 2.28. The first-order valence-corrected chi connectivity index (χ1v) is 13.7. The molecule has 37 heavy (non-hydrogen) atoms. The van der Waals surface area contributed by atoms with Gasteiger partial charge < -0.3 is 20.4 Å². The molecule has 4 aromatic rings. The number of aromatic nitrogens is 4. The Bertz CT molecular complexity index is 1540. The molecular weight excluding hydrogens is 514 g/mol. The largest absolute Gasteiger partial charge is 0.353 e. The standard InChI is InChI=1S/C24H26ClN9O2S/c1-33-8-10-34(11-9-33)22-14-27-21-12-17(6-7-20(21)30-22)29-24-28-13-18(25)23(32-24)31-19-5-3-2-4-16(19)15-37(26,35)36/h2-7,12-14H,8-11,15H2,1H3,(H2,26,35,36)(H2,28,29,31,32). The number of anilines is 5. The molecule has 0 aliphatic carbocycles. The van der Waals surface area contributed by atoms with Gasteiger partial charge >= 0.3 is 0 Å². The van der Waals surface area contributed by atoms with Gasteiger partial charge in [-0.3, -0.25) is 4.98 Å². The molecule has 2 aromatic carbocycles. The lowest BCUT2D eigenvalue weighted by atomic mass is 10.2. The zero-order chi connectivity index (χ0) is 26.0. The van der Waals surface area contributed by atoms with Crippen molar-refractivity contribution >= 4 is 61.6 Å². The van der Waals surface area contributed by atoms with E-state index >= 15 is 0 Å². The van der Waals surface area contributed by atoms with E-state index in [2.05, 4.69) is 42.4 Å².